The van der Waals surface area contributed by atoms with Gasteiger partial charge in [0.15, 0.2) is 0 Å². The van der Waals surface area contributed by atoms with Crippen molar-refractivity contribution in [3.05, 3.63) is 82.6 Å². The maximum absolute atomic E-state index is 12.8. The van der Waals surface area contributed by atoms with E-state index >= 15 is 0 Å². The van der Waals surface area contributed by atoms with Crippen LogP contribution in [0.4, 0.5) is 4.79 Å². The Morgan fingerprint density at radius 3 is 2.14 bits per heavy atom. The molecule has 2 N–H and O–H groups in total. The molecule has 2 heterocycles. The number of fused-ring (bicyclic) bond motifs is 1. The van der Waals surface area contributed by atoms with Gasteiger partial charge in [-0.05, 0) is 31.5 Å². The summed E-state index contributed by atoms with van der Waals surface area (Å²) in [6.45, 7) is 2.64. The standard InChI is InChI=1S/C25H23N3O7/c1-3-34-24(32)19-18(26-25(33)27-20(19)15-9-5-4-6-10-15)13-35-23(31)14(2)28-21(29)16-11-7-8-12-17(16)22(28)30/h4-12,14,20H,3,13H2,1-2H3,(H2,26,27,33). The number of ether oxygens (including phenoxy) is 2. The molecule has 10 nitrogen and oxygen atoms in total. The molecule has 4 amide bonds. The smallest absolute Gasteiger partial charge is 0.338 e. The molecule has 0 saturated carbocycles. The highest BCUT2D eigenvalue weighted by atomic mass is 16.5. The topological polar surface area (TPSA) is 131 Å². The van der Waals surface area contributed by atoms with Gasteiger partial charge in [0.2, 0.25) is 0 Å². The van der Waals surface area contributed by atoms with E-state index < -0.39 is 48.5 Å². The van der Waals surface area contributed by atoms with E-state index in [0.717, 1.165) is 4.90 Å². The van der Waals surface area contributed by atoms with Crippen molar-refractivity contribution in [2.45, 2.75) is 25.9 Å². The van der Waals surface area contributed by atoms with Crippen LogP contribution in [-0.4, -0.2) is 53.9 Å². The number of carbonyl (C=O) groups is 5. The Hall–Kier alpha value is -4.47. The lowest BCUT2D eigenvalue weighted by molar-refractivity contribution is -0.147. The average molecular weight is 477 g/mol. The third-order valence-electron chi connectivity index (χ3n) is 5.69. The number of nitrogens with zero attached hydrogens (tertiary/aromatic N) is 1. The average Bonchev–Trinajstić information content (AvgIpc) is 3.12. The molecule has 2 atom stereocenters. The highest BCUT2D eigenvalue weighted by Crippen LogP contribution is 2.28. The molecule has 0 bridgehead atoms. The number of hydrogen-bond donors (Lipinski definition) is 2. The predicted octanol–water partition coefficient (Wildman–Crippen LogP) is 2.09. The first-order valence-electron chi connectivity index (χ1n) is 11.0. The molecule has 0 aliphatic carbocycles. The zero-order valence-corrected chi connectivity index (χ0v) is 19.1. The first-order valence-corrected chi connectivity index (χ1v) is 11.0. The Morgan fingerprint density at radius 1 is 0.943 bits per heavy atom. The third kappa shape index (κ3) is 4.50. The molecule has 0 saturated heterocycles. The van der Waals surface area contributed by atoms with Crippen molar-refractivity contribution in [2.75, 3.05) is 13.2 Å². The molecular formula is C25H23N3O7. The lowest BCUT2D eigenvalue weighted by atomic mass is 9.95. The molecule has 180 valence electrons. The number of imide groups is 1. The van der Waals surface area contributed by atoms with Crippen molar-refractivity contribution >= 4 is 29.8 Å². The summed E-state index contributed by atoms with van der Waals surface area (Å²) in [7, 11) is 0. The lowest BCUT2D eigenvalue weighted by Crippen LogP contribution is -2.48. The van der Waals surface area contributed by atoms with Gasteiger partial charge in [-0.1, -0.05) is 42.5 Å². The lowest BCUT2D eigenvalue weighted by Gasteiger charge is -2.29. The monoisotopic (exact) mass is 477 g/mol. The maximum atomic E-state index is 12.8. The van der Waals surface area contributed by atoms with Crippen LogP contribution in [0.25, 0.3) is 0 Å². The number of benzene rings is 2. The van der Waals surface area contributed by atoms with E-state index in [1.165, 1.54) is 19.1 Å². The number of esters is 2. The summed E-state index contributed by atoms with van der Waals surface area (Å²) >= 11 is 0. The van der Waals surface area contributed by atoms with Crippen LogP contribution in [0, 0.1) is 0 Å². The van der Waals surface area contributed by atoms with E-state index in [2.05, 4.69) is 10.6 Å². The van der Waals surface area contributed by atoms with Gasteiger partial charge >= 0.3 is 18.0 Å². The van der Waals surface area contributed by atoms with Crippen LogP contribution in [0.5, 0.6) is 0 Å². The van der Waals surface area contributed by atoms with Crippen molar-refractivity contribution in [2.24, 2.45) is 0 Å². The van der Waals surface area contributed by atoms with Crippen molar-refractivity contribution in [3.63, 3.8) is 0 Å². The molecule has 0 radical (unpaired) electrons. The third-order valence-corrected chi connectivity index (χ3v) is 5.69. The Balaban J connectivity index is 1.57. The molecule has 0 fully saturated rings. The second-order valence-electron chi connectivity index (χ2n) is 7.86. The molecule has 0 aromatic heterocycles. The Bertz CT molecular complexity index is 1200. The number of carbonyl (C=O) groups excluding carboxylic acids is 5. The van der Waals surface area contributed by atoms with Crippen molar-refractivity contribution in [1.29, 1.82) is 0 Å². The van der Waals surface area contributed by atoms with Crippen LogP contribution >= 0.6 is 0 Å². The van der Waals surface area contributed by atoms with E-state index in [4.69, 9.17) is 9.47 Å². The molecule has 2 aromatic carbocycles. The van der Waals surface area contributed by atoms with E-state index in [0.29, 0.717) is 5.56 Å². The molecule has 2 aliphatic rings. The SMILES string of the molecule is CCOC(=O)C1=C(COC(=O)C(C)N2C(=O)c3ccccc3C2=O)NC(=O)NC1c1ccccc1. The fourth-order valence-corrected chi connectivity index (χ4v) is 4.01. The predicted molar refractivity (Wildman–Crippen MR) is 122 cm³/mol. The van der Waals surface area contributed by atoms with Gasteiger partial charge in [0, 0.05) is 0 Å². The van der Waals surface area contributed by atoms with Crippen molar-refractivity contribution in [1.82, 2.24) is 15.5 Å². The first kappa shape index (κ1) is 23.7. The number of hydrogen-bond acceptors (Lipinski definition) is 7. The number of urea groups is 1. The van der Waals surface area contributed by atoms with Crippen LogP contribution in [0.1, 0.15) is 46.2 Å². The van der Waals surface area contributed by atoms with Crippen LogP contribution in [0.3, 0.4) is 0 Å². The van der Waals surface area contributed by atoms with E-state index in [-0.39, 0.29) is 29.0 Å². The van der Waals surface area contributed by atoms with Crippen molar-refractivity contribution < 1.29 is 33.4 Å². The zero-order chi connectivity index (χ0) is 25.1. The zero-order valence-electron chi connectivity index (χ0n) is 19.1. The molecule has 2 aromatic rings. The van der Waals surface area contributed by atoms with Crippen LogP contribution < -0.4 is 10.6 Å². The van der Waals surface area contributed by atoms with Gasteiger partial charge in [-0.25, -0.2) is 14.4 Å². The highest BCUT2D eigenvalue weighted by molar-refractivity contribution is 6.22. The second-order valence-corrected chi connectivity index (χ2v) is 7.86. The molecular weight excluding hydrogens is 454 g/mol. The first-order chi connectivity index (χ1) is 16.8. The fraction of sp³-hybridized carbons (Fsp3) is 0.240. The van der Waals surface area contributed by atoms with E-state index in [9.17, 15) is 24.0 Å². The van der Waals surface area contributed by atoms with Crippen LogP contribution in [-0.2, 0) is 19.1 Å². The minimum absolute atomic E-state index is 0.0453. The number of nitrogens with one attached hydrogen (secondary N) is 2. The van der Waals surface area contributed by atoms with E-state index in [1.807, 2.05) is 0 Å². The summed E-state index contributed by atoms with van der Waals surface area (Å²) in [5.41, 5.74) is 1.18. The Kier molecular flexibility index (Phi) is 6.63. The summed E-state index contributed by atoms with van der Waals surface area (Å²) in [5, 5.41) is 5.19. The Labute approximate surface area is 200 Å². The second kappa shape index (κ2) is 9.80. The van der Waals surface area contributed by atoms with Gasteiger partial charge in [0.05, 0.1) is 35.0 Å². The molecule has 2 aliphatic heterocycles. The molecule has 0 spiro atoms. The summed E-state index contributed by atoms with van der Waals surface area (Å²) in [6, 6.07) is 12.4. The minimum Gasteiger partial charge on any atom is -0.463 e. The van der Waals surface area contributed by atoms with Gasteiger partial charge in [0.1, 0.15) is 12.6 Å². The van der Waals surface area contributed by atoms with Gasteiger partial charge in [-0.3, -0.25) is 14.5 Å². The number of rotatable bonds is 7. The van der Waals surface area contributed by atoms with E-state index in [1.54, 1.807) is 49.4 Å². The fourth-order valence-electron chi connectivity index (χ4n) is 4.01. The number of amides is 4. The van der Waals surface area contributed by atoms with Gasteiger partial charge in [0.25, 0.3) is 11.8 Å². The molecule has 2 unspecified atom stereocenters. The van der Waals surface area contributed by atoms with Gasteiger partial charge in [-0.2, -0.15) is 0 Å². The summed E-state index contributed by atoms with van der Waals surface area (Å²) in [5.74, 6) is -2.76. The normalized spacial score (nSPS) is 17.9. The molecule has 35 heavy (non-hydrogen) atoms. The minimum atomic E-state index is -1.23. The van der Waals surface area contributed by atoms with Gasteiger partial charge < -0.3 is 20.1 Å². The van der Waals surface area contributed by atoms with Gasteiger partial charge in [-0.15, -0.1) is 0 Å². The summed E-state index contributed by atoms with van der Waals surface area (Å²) < 4.78 is 10.5. The highest BCUT2D eigenvalue weighted by Gasteiger charge is 2.41. The molecule has 4 rings (SSSR count). The maximum Gasteiger partial charge on any atom is 0.338 e. The summed E-state index contributed by atoms with van der Waals surface area (Å²) in [6.07, 6.45) is 0. The molecule has 10 heteroatoms. The van der Waals surface area contributed by atoms with Crippen LogP contribution in [0.2, 0.25) is 0 Å². The summed E-state index contributed by atoms with van der Waals surface area (Å²) in [4.78, 5) is 64.1. The Morgan fingerprint density at radius 2 is 1.54 bits per heavy atom. The largest absolute Gasteiger partial charge is 0.463 e. The van der Waals surface area contributed by atoms with Crippen molar-refractivity contribution in [3.8, 4) is 0 Å². The quantitative estimate of drug-likeness (QED) is 0.461. The van der Waals surface area contributed by atoms with Crippen LogP contribution in [0.15, 0.2) is 65.9 Å².